The van der Waals surface area contributed by atoms with Crippen LogP contribution in [0, 0.1) is 23.7 Å². The molecule has 2 rings (SSSR count). The quantitative estimate of drug-likeness (QED) is 0.418. The maximum atomic E-state index is 5.75. The average molecular weight is 321 g/mol. The number of allylic oxidation sites excluding steroid dienone is 1. The van der Waals surface area contributed by atoms with Gasteiger partial charge in [0.2, 0.25) is 0 Å². The summed E-state index contributed by atoms with van der Waals surface area (Å²) >= 11 is 0. The van der Waals surface area contributed by atoms with Crippen molar-refractivity contribution in [2.24, 2.45) is 23.7 Å². The maximum absolute atomic E-state index is 5.75. The van der Waals surface area contributed by atoms with Gasteiger partial charge in [-0.2, -0.15) is 0 Å². The molecule has 2 fully saturated rings. The van der Waals surface area contributed by atoms with Gasteiger partial charge in [0.15, 0.2) is 0 Å². The van der Waals surface area contributed by atoms with Crippen molar-refractivity contribution in [3.63, 3.8) is 0 Å². The van der Waals surface area contributed by atoms with Gasteiger partial charge in [-0.25, -0.2) is 0 Å². The van der Waals surface area contributed by atoms with E-state index in [0.717, 1.165) is 43.5 Å². The van der Waals surface area contributed by atoms with E-state index >= 15 is 0 Å². The van der Waals surface area contributed by atoms with E-state index in [1.807, 2.05) is 6.08 Å². The van der Waals surface area contributed by atoms with Crippen molar-refractivity contribution in [3.8, 4) is 0 Å². The zero-order valence-electron chi connectivity index (χ0n) is 15.1. The molecule has 2 saturated carbocycles. The van der Waals surface area contributed by atoms with Gasteiger partial charge in [-0.1, -0.05) is 18.2 Å². The fraction of sp³-hybridized carbons (Fsp3) is 0.810. The zero-order valence-corrected chi connectivity index (χ0v) is 15.1. The van der Waals surface area contributed by atoms with Gasteiger partial charge in [0, 0.05) is 13.2 Å². The molecule has 23 heavy (non-hydrogen) atoms. The summed E-state index contributed by atoms with van der Waals surface area (Å²) in [7, 11) is 0. The molecule has 0 aromatic rings. The van der Waals surface area contributed by atoms with Crippen molar-refractivity contribution in [2.75, 3.05) is 26.4 Å². The fourth-order valence-corrected chi connectivity index (χ4v) is 4.37. The predicted molar refractivity (Wildman–Crippen MR) is 97.5 cm³/mol. The van der Waals surface area contributed by atoms with Gasteiger partial charge in [0.25, 0.3) is 0 Å². The van der Waals surface area contributed by atoms with E-state index in [-0.39, 0.29) is 0 Å². The number of hydrogen-bond donors (Lipinski definition) is 0. The lowest BCUT2D eigenvalue weighted by molar-refractivity contribution is 0.0630. The first-order valence-corrected chi connectivity index (χ1v) is 9.71. The summed E-state index contributed by atoms with van der Waals surface area (Å²) in [6.45, 7) is 9.16. The monoisotopic (exact) mass is 320 g/mol. The van der Waals surface area contributed by atoms with Gasteiger partial charge >= 0.3 is 0 Å². The smallest absolute Gasteiger partial charge is 0.0647 e. The summed E-state index contributed by atoms with van der Waals surface area (Å²) in [5, 5.41) is 0. The van der Waals surface area contributed by atoms with Crippen molar-refractivity contribution in [2.45, 2.75) is 58.3 Å². The Morgan fingerprint density at radius 3 is 1.70 bits per heavy atom. The molecule has 0 aromatic carbocycles. The molecule has 0 atom stereocenters. The summed E-state index contributed by atoms with van der Waals surface area (Å²) in [6, 6.07) is 0. The SMILES string of the molecule is C=CCOC[C@H]1CC[C@H](C2CCC(COC/C=C\C)CC2)CC1. The van der Waals surface area contributed by atoms with Crippen molar-refractivity contribution in [3.05, 3.63) is 24.8 Å². The first kappa shape index (κ1) is 18.7. The summed E-state index contributed by atoms with van der Waals surface area (Å²) in [4.78, 5) is 0. The highest BCUT2D eigenvalue weighted by Gasteiger charge is 2.30. The molecule has 2 aliphatic rings. The molecule has 0 aromatic heterocycles. The van der Waals surface area contributed by atoms with Crippen molar-refractivity contribution < 1.29 is 9.47 Å². The Balaban J connectivity index is 1.58. The van der Waals surface area contributed by atoms with Crippen LogP contribution in [0.15, 0.2) is 24.8 Å². The first-order valence-electron chi connectivity index (χ1n) is 9.71. The minimum absolute atomic E-state index is 0.708. The molecule has 0 spiro atoms. The Labute approximate surface area is 143 Å². The van der Waals surface area contributed by atoms with E-state index in [4.69, 9.17) is 9.47 Å². The van der Waals surface area contributed by atoms with Gasteiger partial charge in [-0.05, 0) is 82.0 Å². The highest BCUT2D eigenvalue weighted by atomic mass is 16.5. The molecule has 2 heteroatoms. The molecule has 0 heterocycles. The van der Waals surface area contributed by atoms with E-state index in [1.54, 1.807) is 0 Å². The second kappa shape index (κ2) is 11.0. The number of rotatable bonds is 9. The summed E-state index contributed by atoms with van der Waals surface area (Å²) in [5.41, 5.74) is 0. The van der Waals surface area contributed by atoms with Crippen LogP contribution in [0.3, 0.4) is 0 Å². The second-order valence-corrected chi connectivity index (χ2v) is 7.49. The summed E-state index contributed by atoms with van der Waals surface area (Å²) in [5.74, 6) is 3.56. The Hall–Kier alpha value is -0.600. The zero-order chi connectivity index (χ0) is 16.3. The van der Waals surface area contributed by atoms with Gasteiger partial charge in [-0.15, -0.1) is 6.58 Å². The van der Waals surface area contributed by atoms with Crippen LogP contribution in [0.2, 0.25) is 0 Å². The Kier molecular flexibility index (Phi) is 8.99. The normalized spacial score (nSPS) is 32.2. The van der Waals surface area contributed by atoms with Crippen molar-refractivity contribution in [1.29, 1.82) is 0 Å². The number of ether oxygens (including phenoxy) is 2. The van der Waals surface area contributed by atoms with E-state index in [0.29, 0.717) is 6.61 Å². The molecule has 0 saturated heterocycles. The lowest BCUT2D eigenvalue weighted by atomic mass is 9.69. The maximum Gasteiger partial charge on any atom is 0.0647 e. The Morgan fingerprint density at radius 1 is 0.783 bits per heavy atom. The van der Waals surface area contributed by atoms with Crippen LogP contribution in [0.4, 0.5) is 0 Å². The largest absolute Gasteiger partial charge is 0.377 e. The van der Waals surface area contributed by atoms with Crippen LogP contribution >= 0.6 is 0 Å². The molecule has 0 radical (unpaired) electrons. The highest BCUT2D eigenvalue weighted by Crippen LogP contribution is 2.41. The summed E-state index contributed by atoms with van der Waals surface area (Å²) in [6.07, 6.45) is 17.2. The molecule has 0 N–H and O–H groups in total. The van der Waals surface area contributed by atoms with Crippen LogP contribution in [0.5, 0.6) is 0 Å². The molecule has 0 amide bonds. The Morgan fingerprint density at radius 2 is 1.26 bits per heavy atom. The highest BCUT2D eigenvalue weighted by molar-refractivity contribution is 4.82. The minimum Gasteiger partial charge on any atom is -0.377 e. The van der Waals surface area contributed by atoms with Gasteiger partial charge < -0.3 is 9.47 Å². The van der Waals surface area contributed by atoms with Crippen LogP contribution in [0.1, 0.15) is 58.3 Å². The number of hydrogen-bond acceptors (Lipinski definition) is 2. The molecule has 0 bridgehead atoms. The summed E-state index contributed by atoms with van der Waals surface area (Å²) < 4.78 is 11.4. The van der Waals surface area contributed by atoms with E-state index in [1.165, 1.54) is 51.4 Å². The molecule has 2 aliphatic carbocycles. The van der Waals surface area contributed by atoms with Gasteiger partial charge in [0.05, 0.1) is 13.2 Å². The third kappa shape index (κ3) is 6.81. The van der Waals surface area contributed by atoms with E-state index in [9.17, 15) is 0 Å². The predicted octanol–water partition coefficient (Wildman–Crippen LogP) is 5.39. The fourth-order valence-electron chi connectivity index (χ4n) is 4.37. The Bertz CT molecular complexity index is 334. The molecule has 0 aliphatic heterocycles. The van der Waals surface area contributed by atoms with Crippen LogP contribution in [-0.2, 0) is 9.47 Å². The molecule has 2 nitrogen and oxygen atoms in total. The van der Waals surface area contributed by atoms with Crippen LogP contribution in [-0.4, -0.2) is 26.4 Å². The van der Waals surface area contributed by atoms with E-state index in [2.05, 4.69) is 25.7 Å². The molecular formula is C21H36O2. The third-order valence-corrected chi connectivity index (χ3v) is 5.84. The van der Waals surface area contributed by atoms with Crippen molar-refractivity contribution in [1.82, 2.24) is 0 Å². The van der Waals surface area contributed by atoms with Gasteiger partial charge in [0.1, 0.15) is 0 Å². The third-order valence-electron chi connectivity index (χ3n) is 5.84. The van der Waals surface area contributed by atoms with Crippen molar-refractivity contribution >= 4 is 0 Å². The topological polar surface area (TPSA) is 18.5 Å². The lowest BCUT2D eigenvalue weighted by Gasteiger charge is -2.37. The van der Waals surface area contributed by atoms with Gasteiger partial charge in [-0.3, -0.25) is 0 Å². The standard InChI is InChI=1S/C21H36O2/c1-3-5-15-23-17-19-8-12-21(13-9-19)20-10-6-18(7-11-20)16-22-14-4-2/h3-5,18-21H,2,6-17H2,1H3/b5-3-/t18-,19?,20-,21?. The minimum atomic E-state index is 0.708. The average Bonchev–Trinajstić information content (AvgIpc) is 2.60. The molecular weight excluding hydrogens is 284 g/mol. The van der Waals surface area contributed by atoms with Crippen LogP contribution in [0.25, 0.3) is 0 Å². The second-order valence-electron chi connectivity index (χ2n) is 7.49. The van der Waals surface area contributed by atoms with Crippen LogP contribution < -0.4 is 0 Å². The van der Waals surface area contributed by atoms with E-state index < -0.39 is 0 Å². The molecule has 0 unspecified atom stereocenters. The molecule has 132 valence electrons. The lowest BCUT2D eigenvalue weighted by Crippen LogP contribution is -2.28. The first-order chi connectivity index (χ1) is 11.3.